The van der Waals surface area contributed by atoms with Crippen LogP contribution < -0.4 is 10.9 Å². The molecule has 3 rings (SSSR count). The monoisotopic (exact) mass is 356 g/mol. The van der Waals surface area contributed by atoms with Crippen LogP contribution in [0.25, 0.3) is 0 Å². The zero-order valence-electron chi connectivity index (χ0n) is 12.1. The molecular weight excluding hydrogens is 345 g/mol. The molecule has 126 valence electrons. The predicted molar refractivity (Wildman–Crippen MR) is 81.1 cm³/mol. The Bertz CT molecular complexity index is 751. The molecule has 1 aromatic heterocycles. The standard InChI is InChI=1S/C15H12ClF3N4O/c16-12-13(21-6-5-20-12)22-23-14(24)11-7-10(11)8-1-3-9(4-2-8)15(17,18)19/h1-6,10-11H,7H2,(H,21,22)(H,23,24)/t10-,11-/m0/s1. The van der Waals surface area contributed by atoms with Crippen LogP contribution in [0.5, 0.6) is 0 Å². The molecule has 0 aliphatic heterocycles. The molecule has 0 spiro atoms. The zero-order chi connectivity index (χ0) is 17.3. The topological polar surface area (TPSA) is 66.9 Å². The van der Waals surface area contributed by atoms with Gasteiger partial charge in [-0.1, -0.05) is 23.7 Å². The van der Waals surface area contributed by atoms with Gasteiger partial charge in [-0.2, -0.15) is 13.2 Å². The number of anilines is 1. The van der Waals surface area contributed by atoms with Gasteiger partial charge < -0.3 is 0 Å². The number of halogens is 4. The average Bonchev–Trinajstić information content (AvgIpc) is 3.34. The molecule has 5 nitrogen and oxygen atoms in total. The summed E-state index contributed by atoms with van der Waals surface area (Å²) >= 11 is 5.80. The number of hydrogen-bond acceptors (Lipinski definition) is 4. The third-order valence-corrected chi connectivity index (χ3v) is 4.03. The van der Waals surface area contributed by atoms with Gasteiger partial charge in [-0.05, 0) is 30.0 Å². The summed E-state index contributed by atoms with van der Waals surface area (Å²) in [5, 5.41) is 0.118. The van der Waals surface area contributed by atoms with E-state index in [-0.39, 0.29) is 28.7 Å². The maximum Gasteiger partial charge on any atom is 0.416 e. The van der Waals surface area contributed by atoms with Crippen molar-refractivity contribution < 1.29 is 18.0 Å². The number of carbonyl (C=O) groups excluding carboxylic acids is 1. The fraction of sp³-hybridized carbons (Fsp3) is 0.267. The molecule has 0 saturated heterocycles. The largest absolute Gasteiger partial charge is 0.416 e. The van der Waals surface area contributed by atoms with Gasteiger partial charge in [0.25, 0.3) is 0 Å². The SMILES string of the molecule is O=C(NNc1nccnc1Cl)[C@H]1C[C@H]1c1ccc(C(F)(F)F)cc1. The van der Waals surface area contributed by atoms with Crippen LogP contribution in [0, 0.1) is 5.92 Å². The van der Waals surface area contributed by atoms with E-state index in [9.17, 15) is 18.0 Å². The summed E-state index contributed by atoms with van der Waals surface area (Å²) in [4.78, 5) is 19.8. The molecule has 1 fully saturated rings. The summed E-state index contributed by atoms with van der Waals surface area (Å²) in [6.07, 6.45) is -0.953. The van der Waals surface area contributed by atoms with E-state index in [1.54, 1.807) is 0 Å². The van der Waals surface area contributed by atoms with Gasteiger partial charge >= 0.3 is 6.18 Å². The van der Waals surface area contributed by atoms with E-state index in [0.29, 0.717) is 12.0 Å². The molecule has 1 aliphatic carbocycles. The third kappa shape index (κ3) is 3.59. The summed E-state index contributed by atoms with van der Waals surface area (Å²) in [7, 11) is 0. The van der Waals surface area contributed by atoms with Crippen molar-refractivity contribution in [3.05, 3.63) is 52.9 Å². The van der Waals surface area contributed by atoms with Gasteiger partial charge in [0, 0.05) is 18.3 Å². The molecule has 1 heterocycles. The number of alkyl halides is 3. The first-order valence-corrected chi connectivity index (χ1v) is 7.43. The van der Waals surface area contributed by atoms with Crippen molar-refractivity contribution >= 4 is 23.3 Å². The van der Waals surface area contributed by atoms with Crippen LogP contribution in [0.15, 0.2) is 36.7 Å². The maximum atomic E-state index is 12.5. The highest BCUT2D eigenvalue weighted by atomic mass is 35.5. The Hall–Kier alpha value is -2.35. The lowest BCUT2D eigenvalue weighted by Gasteiger charge is -2.09. The average molecular weight is 357 g/mol. The number of carbonyl (C=O) groups is 1. The quantitative estimate of drug-likeness (QED) is 0.824. The van der Waals surface area contributed by atoms with E-state index in [0.717, 1.165) is 12.1 Å². The van der Waals surface area contributed by atoms with Crippen LogP contribution in [0.1, 0.15) is 23.5 Å². The van der Waals surface area contributed by atoms with E-state index in [2.05, 4.69) is 20.8 Å². The first-order valence-electron chi connectivity index (χ1n) is 7.06. The van der Waals surface area contributed by atoms with E-state index >= 15 is 0 Å². The van der Waals surface area contributed by atoms with Gasteiger partial charge in [-0.3, -0.25) is 15.6 Å². The minimum atomic E-state index is -4.36. The van der Waals surface area contributed by atoms with Crippen LogP contribution in [-0.4, -0.2) is 15.9 Å². The van der Waals surface area contributed by atoms with Crippen LogP contribution in [0.4, 0.5) is 19.0 Å². The Morgan fingerprint density at radius 1 is 1.17 bits per heavy atom. The molecule has 0 unspecified atom stereocenters. The number of aromatic nitrogens is 2. The highest BCUT2D eigenvalue weighted by Crippen LogP contribution is 2.47. The highest BCUT2D eigenvalue weighted by molar-refractivity contribution is 6.31. The lowest BCUT2D eigenvalue weighted by atomic mass is 10.1. The number of rotatable bonds is 4. The molecule has 2 aromatic rings. The van der Waals surface area contributed by atoms with Crippen LogP contribution in [0.2, 0.25) is 5.15 Å². The number of nitrogens with zero attached hydrogens (tertiary/aromatic N) is 2. The molecule has 24 heavy (non-hydrogen) atoms. The summed E-state index contributed by atoms with van der Waals surface area (Å²) in [5.41, 5.74) is 5.07. The van der Waals surface area contributed by atoms with Gasteiger partial charge in [-0.25, -0.2) is 9.97 Å². The summed E-state index contributed by atoms with van der Waals surface area (Å²) in [6.45, 7) is 0. The fourth-order valence-corrected chi connectivity index (χ4v) is 2.54. The molecule has 2 N–H and O–H groups in total. The molecule has 1 amide bonds. The van der Waals surface area contributed by atoms with Crippen LogP contribution >= 0.6 is 11.6 Å². The molecule has 2 atom stereocenters. The number of hydrazine groups is 1. The number of hydrogen-bond donors (Lipinski definition) is 2. The van der Waals surface area contributed by atoms with Gasteiger partial charge in [0.2, 0.25) is 5.91 Å². The maximum absolute atomic E-state index is 12.5. The van der Waals surface area contributed by atoms with Crippen molar-refractivity contribution in [3.63, 3.8) is 0 Å². The first-order chi connectivity index (χ1) is 11.4. The first kappa shape index (κ1) is 16.5. The Balaban J connectivity index is 1.57. The second-order valence-electron chi connectivity index (χ2n) is 5.38. The van der Waals surface area contributed by atoms with E-state index in [4.69, 9.17) is 11.6 Å². The Labute approximate surface area is 140 Å². The van der Waals surface area contributed by atoms with Gasteiger partial charge in [0.1, 0.15) is 0 Å². The Morgan fingerprint density at radius 3 is 2.46 bits per heavy atom. The molecule has 0 bridgehead atoms. The lowest BCUT2D eigenvalue weighted by molar-refractivity contribution is -0.137. The molecule has 1 aliphatic rings. The van der Waals surface area contributed by atoms with Crippen LogP contribution in [0.3, 0.4) is 0 Å². The van der Waals surface area contributed by atoms with Crippen molar-refractivity contribution in [2.75, 3.05) is 5.43 Å². The Morgan fingerprint density at radius 2 is 1.83 bits per heavy atom. The fourth-order valence-electron chi connectivity index (χ4n) is 2.39. The second-order valence-corrected chi connectivity index (χ2v) is 5.74. The number of benzene rings is 1. The van der Waals surface area contributed by atoms with E-state index < -0.39 is 11.7 Å². The zero-order valence-corrected chi connectivity index (χ0v) is 12.9. The molecule has 1 saturated carbocycles. The summed E-state index contributed by atoms with van der Waals surface area (Å²) in [6, 6.07) is 4.88. The molecule has 1 aromatic carbocycles. The summed E-state index contributed by atoms with van der Waals surface area (Å²) in [5.74, 6) is -0.447. The van der Waals surface area contributed by atoms with Crippen molar-refractivity contribution in [1.82, 2.24) is 15.4 Å². The predicted octanol–water partition coefficient (Wildman–Crippen LogP) is 3.40. The minimum Gasteiger partial charge on any atom is -0.279 e. The van der Waals surface area contributed by atoms with Gasteiger partial charge in [0.15, 0.2) is 11.0 Å². The van der Waals surface area contributed by atoms with Crippen molar-refractivity contribution in [2.45, 2.75) is 18.5 Å². The van der Waals surface area contributed by atoms with Crippen LogP contribution in [-0.2, 0) is 11.0 Å². The second kappa shape index (κ2) is 6.27. The smallest absolute Gasteiger partial charge is 0.279 e. The summed E-state index contributed by atoms with van der Waals surface area (Å²) < 4.78 is 37.6. The van der Waals surface area contributed by atoms with E-state index in [1.165, 1.54) is 24.5 Å². The molecule has 9 heteroatoms. The minimum absolute atomic E-state index is 0.0913. The molecule has 0 radical (unpaired) electrons. The third-order valence-electron chi connectivity index (χ3n) is 3.75. The van der Waals surface area contributed by atoms with Crippen molar-refractivity contribution in [1.29, 1.82) is 0 Å². The van der Waals surface area contributed by atoms with E-state index in [1.807, 2.05) is 0 Å². The van der Waals surface area contributed by atoms with Crippen molar-refractivity contribution in [3.8, 4) is 0 Å². The van der Waals surface area contributed by atoms with Crippen molar-refractivity contribution in [2.24, 2.45) is 5.92 Å². The number of nitrogens with one attached hydrogen (secondary N) is 2. The van der Waals surface area contributed by atoms with Gasteiger partial charge in [-0.15, -0.1) is 0 Å². The van der Waals surface area contributed by atoms with Gasteiger partial charge in [0.05, 0.1) is 5.56 Å². The lowest BCUT2D eigenvalue weighted by Crippen LogP contribution is -2.31. The number of amides is 1. The highest BCUT2D eigenvalue weighted by Gasteiger charge is 2.44. The molecular formula is C15H12ClF3N4O. The Kier molecular flexibility index (Phi) is 4.31. The normalized spacial score (nSPS) is 19.7.